The number of amides is 1. The Morgan fingerprint density at radius 3 is 2.46 bits per heavy atom. The number of carbonyl (C=O) groups excluding carboxylic acids is 1. The first-order valence-electron chi connectivity index (χ1n) is 10.1. The molecule has 3 unspecified atom stereocenters. The fourth-order valence-electron chi connectivity index (χ4n) is 4.14. The van der Waals surface area contributed by atoms with Gasteiger partial charge in [0.15, 0.2) is 0 Å². The monoisotopic (exact) mass is 338 g/mol. The summed E-state index contributed by atoms with van der Waals surface area (Å²) in [4.78, 5) is 14.7. The Morgan fingerprint density at radius 2 is 1.83 bits per heavy atom. The van der Waals surface area contributed by atoms with Crippen molar-refractivity contribution < 1.29 is 9.53 Å². The highest BCUT2D eigenvalue weighted by Gasteiger charge is 2.26. The fourth-order valence-corrected chi connectivity index (χ4v) is 4.14. The van der Waals surface area contributed by atoms with Crippen molar-refractivity contribution in [2.75, 3.05) is 26.2 Å². The Bertz CT molecular complexity index is 378. The predicted octanol–water partition coefficient (Wildman–Crippen LogP) is 3.45. The molecule has 0 aromatic heterocycles. The van der Waals surface area contributed by atoms with Crippen LogP contribution in [0.4, 0.5) is 0 Å². The van der Waals surface area contributed by atoms with Crippen LogP contribution < -0.4 is 5.32 Å². The number of hydrogen-bond acceptors (Lipinski definition) is 3. The van der Waals surface area contributed by atoms with E-state index in [0.29, 0.717) is 12.0 Å². The molecule has 1 N–H and O–H groups in total. The first kappa shape index (κ1) is 19.7. The Morgan fingerprint density at radius 1 is 1.12 bits per heavy atom. The number of nitrogens with one attached hydrogen (secondary N) is 1. The number of rotatable bonds is 7. The van der Waals surface area contributed by atoms with Crippen LogP contribution in [0.1, 0.15) is 66.2 Å². The van der Waals surface area contributed by atoms with E-state index in [0.717, 1.165) is 44.3 Å². The molecule has 24 heavy (non-hydrogen) atoms. The van der Waals surface area contributed by atoms with Crippen molar-refractivity contribution in [3.8, 4) is 0 Å². The van der Waals surface area contributed by atoms with Crippen molar-refractivity contribution in [3.63, 3.8) is 0 Å². The molecule has 0 aromatic carbocycles. The van der Waals surface area contributed by atoms with Gasteiger partial charge < -0.3 is 10.1 Å². The summed E-state index contributed by atoms with van der Waals surface area (Å²) in [7, 11) is 0. The van der Waals surface area contributed by atoms with Gasteiger partial charge in [-0.15, -0.1) is 0 Å². The Kier molecular flexibility index (Phi) is 8.02. The SMILES string of the molecule is CC1CCN(C(CNC(=O)COC2CCCC(C)C2)C(C)C)CC1. The number of carbonyl (C=O) groups is 1. The second-order valence-corrected chi connectivity index (χ2v) is 8.54. The minimum Gasteiger partial charge on any atom is -0.368 e. The van der Waals surface area contributed by atoms with Gasteiger partial charge in [0.05, 0.1) is 6.10 Å². The molecule has 1 heterocycles. The third kappa shape index (κ3) is 6.36. The second kappa shape index (κ2) is 9.76. The first-order valence-corrected chi connectivity index (χ1v) is 10.1. The van der Waals surface area contributed by atoms with E-state index in [1.54, 1.807) is 0 Å². The van der Waals surface area contributed by atoms with E-state index in [-0.39, 0.29) is 18.6 Å². The summed E-state index contributed by atoms with van der Waals surface area (Å²) in [5.41, 5.74) is 0. The van der Waals surface area contributed by atoms with E-state index >= 15 is 0 Å². The molecule has 4 heteroatoms. The van der Waals surface area contributed by atoms with E-state index in [4.69, 9.17) is 4.74 Å². The first-order chi connectivity index (χ1) is 11.5. The van der Waals surface area contributed by atoms with Crippen LogP contribution in [0, 0.1) is 17.8 Å². The maximum absolute atomic E-state index is 12.2. The Balaban J connectivity index is 1.70. The third-order valence-electron chi connectivity index (χ3n) is 5.90. The van der Waals surface area contributed by atoms with Crippen LogP contribution in [0.15, 0.2) is 0 Å². The summed E-state index contributed by atoms with van der Waals surface area (Å²) < 4.78 is 5.84. The lowest BCUT2D eigenvalue weighted by Gasteiger charge is -2.39. The van der Waals surface area contributed by atoms with Crippen LogP contribution >= 0.6 is 0 Å². The molecular weight excluding hydrogens is 300 g/mol. The van der Waals surface area contributed by atoms with Crippen LogP contribution in [0.2, 0.25) is 0 Å². The van der Waals surface area contributed by atoms with Gasteiger partial charge >= 0.3 is 0 Å². The zero-order valence-electron chi connectivity index (χ0n) is 16.2. The molecule has 1 saturated heterocycles. The van der Waals surface area contributed by atoms with Crippen molar-refractivity contribution in [1.82, 2.24) is 10.2 Å². The molecule has 0 aromatic rings. The lowest BCUT2D eigenvalue weighted by atomic mass is 9.89. The number of piperidine rings is 1. The smallest absolute Gasteiger partial charge is 0.246 e. The van der Waals surface area contributed by atoms with Crippen molar-refractivity contribution in [2.24, 2.45) is 17.8 Å². The van der Waals surface area contributed by atoms with E-state index in [1.807, 2.05) is 0 Å². The summed E-state index contributed by atoms with van der Waals surface area (Å²) in [6.07, 6.45) is 7.59. The highest BCUT2D eigenvalue weighted by molar-refractivity contribution is 5.77. The quantitative estimate of drug-likeness (QED) is 0.773. The van der Waals surface area contributed by atoms with Crippen molar-refractivity contribution >= 4 is 5.91 Å². The molecule has 3 atom stereocenters. The molecule has 1 aliphatic heterocycles. The summed E-state index contributed by atoms with van der Waals surface area (Å²) in [5, 5.41) is 3.12. The van der Waals surface area contributed by atoms with Gasteiger partial charge in [0, 0.05) is 12.6 Å². The Hall–Kier alpha value is -0.610. The number of ether oxygens (including phenoxy) is 1. The summed E-state index contributed by atoms with van der Waals surface area (Å²) >= 11 is 0. The molecule has 0 spiro atoms. The van der Waals surface area contributed by atoms with Gasteiger partial charge in [0.2, 0.25) is 5.91 Å². The standard InChI is InChI=1S/C20H38N2O2/c1-15(2)19(22-10-8-16(3)9-11-22)13-21-20(23)14-24-18-7-5-6-17(4)12-18/h15-19H,5-14H2,1-4H3,(H,21,23). The molecule has 0 radical (unpaired) electrons. The molecule has 4 nitrogen and oxygen atoms in total. The average Bonchev–Trinajstić information content (AvgIpc) is 2.54. The minimum absolute atomic E-state index is 0.0456. The molecule has 2 fully saturated rings. The molecule has 140 valence electrons. The number of hydrogen-bond donors (Lipinski definition) is 1. The average molecular weight is 339 g/mol. The maximum Gasteiger partial charge on any atom is 0.246 e. The van der Waals surface area contributed by atoms with Gasteiger partial charge in [0.25, 0.3) is 0 Å². The zero-order chi connectivity index (χ0) is 17.5. The summed E-state index contributed by atoms with van der Waals surface area (Å²) in [6.45, 7) is 12.4. The van der Waals surface area contributed by atoms with E-state index < -0.39 is 0 Å². The van der Waals surface area contributed by atoms with Gasteiger partial charge in [-0.3, -0.25) is 9.69 Å². The molecule has 2 aliphatic rings. The molecule has 1 amide bonds. The largest absolute Gasteiger partial charge is 0.368 e. The normalized spacial score (nSPS) is 28.0. The van der Waals surface area contributed by atoms with Gasteiger partial charge in [-0.2, -0.15) is 0 Å². The highest BCUT2D eigenvalue weighted by Crippen LogP contribution is 2.25. The molecule has 0 bridgehead atoms. The van der Waals surface area contributed by atoms with Crippen molar-refractivity contribution in [3.05, 3.63) is 0 Å². The lowest BCUT2D eigenvalue weighted by molar-refractivity contribution is -0.129. The third-order valence-corrected chi connectivity index (χ3v) is 5.90. The number of likely N-dealkylation sites (tertiary alicyclic amines) is 1. The summed E-state index contributed by atoms with van der Waals surface area (Å²) in [6, 6.07) is 0.441. The second-order valence-electron chi connectivity index (χ2n) is 8.54. The molecule has 1 saturated carbocycles. The van der Waals surface area contributed by atoms with Crippen molar-refractivity contribution in [1.29, 1.82) is 0 Å². The Labute approximate surface area is 148 Å². The molecule has 2 rings (SSSR count). The van der Waals surface area contributed by atoms with Crippen LogP contribution in [-0.2, 0) is 9.53 Å². The van der Waals surface area contributed by atoms with E-state index in [2.05, 4.69) is 37.9 Å². The van der Waals surface area contributed by atoms with Gasteiger partial charge in [-0.25, -0.2) is 0 Å². The van der Waals surface area contributed by atoms with Gasteiger partial charge in [-0.1, -0.05) is 40.5 Å². The zero-order valence-corrected chi connectivity index (χ0v) is 16.2. The lowest BCUT2D eigenvalue weighted by Crippen LogP contribution is -2.50. The van der Waals surface area contributed by atoms with Crippen LogP contribution in [0.5, 0.6) is 0 Å². The van der Waals surface area contributed by atoms with Crippen LogP contribution in [0.25, 0.3) is 0 Å². The molecule has 1 aliphatic carbocycles. The van der Waals surface area contributed by atoms with Gasteiger partial charge in [-0.05, 0) is 56.5 Å². The number of nitrogens with zero attached hydrogens (tertiary/aromatic N) is 1. The topological polar surface area (TPSA) is 41.6 Å². The maximum atomic E-state index is 12.2. The van der Waals surface area contributed by atoms with Gasteiger partial charge in [0.1, 0.15) is 6.61 Å². The summed E-state index contributed by atoms with van der Waals surface area (Å²) in [5.74, 6) is 2.18. The highest BCUT2D eigenvalue weighted by atomic mass is 16.5. The predicted molar refractivity (Wildman–Crippen MR) is 99.0 cm³/mol. The fraction of sp³-hybridized carbons (Fsp3) is 0.950. The van der Waals surface area contributed by atoms with Crippen LogP contribution in [0.3, 0.4) is 0 Å². The van der Waals surface area contributed by atoms with E-state index in [9.17, 15) is 4.79 Å². The van der Waals surface area contributed by atoms with Crippen LogP contribution in [-0.4, -0.2) is 49.2 Å². The van der Waals surface area contributed by atoms with E-state index in [1.165, 1.54) is 25.7 Å². The molecular formula is C20H38N2O2. The van der Waals surface area contributed by atoms with Crippen molar-refractivity contribution in [2.45, 2.75) is 78.4 Å². The minimum atomic E-state index is 0.0456.